The van der Waals surface area contributed by atoms with Crippen LogP contribution in [-0.4, -0.2) is 36.6 Å². The van der Waals surface area contributed by atoms with Crippen LogP contribution in [0.4, 0.5) is 10.5 Å². The maximum Gasteiger partial charge on any atom is 0.407 e. The number of alkyl carbamates (subject to hydrolysis) is 1. The molecule has 0 aliphatic carbocycles. The zero-order valence-corrected chi connectivity index (χ0v) is 18.5. The molecule has 0 aliphatic heterocycles. The fourth-order valence-corrected chi connectivity index (χ4v) is 2.68. The number of alkyl halides is 1. The van der Waals surface area contributed by atoms with E-state index in [1.54, 1.807) is 19.1 Å². The number of amides is 3. The lowest BCUT2D eigenvalue weighted by atomic mass is 10.0. The van der Waals surface area contributed by atoms with Crippen molar-refractivity contribution in [3.63, 3.8) is 0 Å². The Morgan fingerprint density at radius 1 is 1.04 bits per heavy atom. The molecule has 0 aliphatic rings. The first-order valence-electron chi connectivity index (χ1n) is 9.47. The number of ether oxygens (including phenoxy) is 1. The molecule has 0 saturated heterocycles. The standard InChI is InChI=1S/C20H30BrN3O4/c1-5-6-11-28-20(27)24-17(13(2)3)19(26)22-14(4)18(25)23-16-9-7-15(12-21)8-10-16/h7-10,13-14,17H,5-6,11-12H2,1-4H3,(H,22,26)(H,23,25)(H,24,27)/t14-,17-/m0/s1. The SMILES string of the molecule is CCCCOC(=O)N[C@H](C(=O)N[C@@H](C)C(=O)Nc1ccc(CBr)cc1)C(C)C. The Balaban J connectivity index is 2.59. The molecule has 0 unspecified atom stereocenters. The molecular weight excluding hydrogens is 426 g/mol. The lowest BCUT2D eigenvalue weighted by Gasteiger charge is -2.23. The van der Waals surface area contributed by atoms with Gasteiger partial charge in [-0.3, -0.25) is 9.59 Å². The Labute approximate surface area is 175 Å². The lowest BCUT2D eigenvalue weighted by Crippen LogP contribution is -2.53. The van der Waals surface area contributed by atoms with Crippen LogP contribution in [0.1, 0.15) is 46.1 Å². The lowest BCUT2D eigenvalue weighted by molar-refractivity contribution is -0.128. The van der Waals surface area contributed by atoms with Crippen molar-refractivity contribution in [2.45, 2.75) is 58.0 Å². The summed E-state index contributed by atoms with van der Waals surface area (Å²) in [6.07, 6.45) is 1.04. The number of hydrogen-bond acceptors (Lipinski definition) is 4. The average Bonchev–Trinajstić information content (AvgIpc) is 2.66. The molecule has 8 heteroatoms. The second-order valence-corrected chi connectivity index (χ2v) is 7.47. The third-order valence-corrected chi connectivity index (χ3v) is 4.73. The van der Waals surface area contributed by atoms with Crippen molar-refractivity contribution in [1.29, 1.82) is 0 Å². The van der Waals surface area contributed by atoms with Crippen LogP contribution in [0.3, 0.4) is 0 Å². The van der Waals surface area contributed by atoms with Crippen LogP contribution < -0.4 is 16.0 Å². The summed E-state index contributed by atoms with van der Waals surface area (Å²) in [5.74, 6) is -0.932. The van der Waals surface area contributed by atoms with Gasteiger partial charge in [-0.1, -0.05) is 55.3 Å². The Morgan fingerprint density at radius 2 is 1.68 bits per heavy atom. The molecule has 0 radical (unpaired) electrons. The Morgan fingerprint density at radius 3 is 2.21 bits per heavy atom. The van der Waals surface area contributed by atoms with Crippen LogP contribution in [0.25, 0.3) is 0 Å². The van der Waals surface area contributed by atoms with Gasteiger partial charge in [0.25, 0.3) is 0 Å². The summed E-state index contributed by atoms with van der Waals surface area (Å²) in [6, 6.07) is 5.85. The number of carbonyl (C=O) groups is 3. The predicted octanol–water partition coefficient (Wildman–Crippen LogP) is 3.58. The van der Waals surface area contributed by atoms with Crippen LogP contribution in [0.15, 0.2) is 24.3 Å². The van der Waals surface area contributed by atoms with Gasteiger partial charge in [-0.25, -0.2) is 4.79 Å². The van der Waals surface area contributed by atoms with Gasteiger partial charge in [0.2, 0.25) is 11.8 Å². The molecule has 3 N–H and O–H groups in total. The van der Waals surface area contributed by atoms with Crippen LogP contribution >= 0.6 is 15.9 Å². The third kappa shape index (κ3) is 8.29. The number of unbranched alkanes of at least 4 members (excludes halogenated alkanes) is 1. The van der Waals surface area contributed by atoms with E-state index in [9.17, 15) is 14.4 Å². The average molecular weight is 456 g/mol. The first kappa shape index (κ1) is 23.9. The highest BCUT2D eigenvalue weighted by Crippen LogP contribution is 2.12. The smallest absolute Gasteiger partial charge is 0.407 e. The fourth-order valence-electron chi connectivity index (χ4n) is 2.31. The molecule has 7 nitrogen and oxygen atoms in total. The first-order chi connectivity index (χ1) is 13.3. The van der Waals surface area contributed by atoms with E-state index in [0.717, 1.165) is 23.7 Å². The fraction of sp³-hybridized carbons (Fsp3) is 0.550. The van der Waals surface area contributed by atoms with Crippen LogP contribution in [0.2, 0.25) is 0 Å². The van der Waals surface area contributed by atoms with Gasteiger partial charge in [0.1, 0.15) is 12.1 Å². The van der Waals surface area contributed by atoms with Crippen LogP contribution in [0.5, 0.6) is 0 Å². The minimum atomic E-state index is -0.789. The quantitative estimate of drug-likeness (QED) is 0.371. The summed E-state index contributed by atoms with van der Waals surface area (Å²) in [6.45, 7) is 7.52. The van der Waals surface area contributed by atoms with E-state index in [4.69, 9.17) is 4.74 Å². The normalized spacial score (nSPS) is 12.8. The molecular formula is C20H30BrN3O4. The number of rotatable bonds is 10. The topological polar surface area (TPSA) is 96.5 Å². The number of carbonyl (C=O) groups excluding carboxylic acids is 3. The molecule has 3 amide bonds. The van der Waals surface area contributed by atoms with E-state index in [1.165, 1.54) is 0 Å². The van der Waals surface area contributed by atoms with Gasteiger partial charge in [-0.15, -0.1) is 0 Å². The third-order valence-electron chi connectivity index (χ3n) is 4.08. The van der Waals surface area contributed by atoms with Crippen LogP contribution in [0, 0.1) is 5.92 Å². The van der Waals surface area contributed by atoms with Gasteiger partial charge in [0.15, 0.2) is 0 Å². The van der Waals surface area contributed by atoms with Gasteiger partial charge in [-0.05, 0) is 37.0 Å². The maximum absolute atomic E-state index is 12.5. The second-order valence-electron chi connectivity index (χ2n) is 6.91. The molecule has 1 rings (SSSR count). The molecule has 28 heavy (non-hydrogen) atoms. The van der Waals surface area contributed by atoms with E-state index in [-0.39, 0.29) is 11.8 Å². The predicted molar refractivity (Wildman–Crippen MR) is 113 cm³/mol. The highest BCUT2D eigenvalue weighted by Gasteiger charge is 2.27. The molecule has 156 valence electrons. The first-order valence-corrected chi connectivity index (χ1v) is 10.6. The molecule has 0 aromatic heterocycles. The Kier molecular flexibility index (Phi) is 10.6. The molecule has 0 heterocycles. The van der Waals surface area contributed by atoms with E-state index < -0.39 is 24.1 Å². The number of halogens is 1. The second kappa shape index (κ2) is 12.4. The van der Waals surface area contributed by atoms with E-state index in [1.807, 2.05) is 32.9 Å². The zero-order valence-electron chi connectivity index (χ0n) is 16.9. The highest BCUT2D eigenvalue weighted by molar-refractivity contribution is 9.08. The Hall–Kier alpha value is -2.09. The van der Waals surface area contributed by atoms with Gasteiger partial charge in [0, 0.05) is 11.0 Å². The van der Waals surface area contributed by atoms with Gasteiger partial charge < -0.3 is 20.7 Å². The van der Waals surface area contributed by atoms with Crippen molar-refractivity contribution in [3.05, 3.63) is 29.8 Å². The number of benzene rings is 1. The number of hydrogen-bond donors (Lipinski definition) is 3. The maximum atomic E-state index is 12.5. The largest absolute Gasteiger partial charge is 0.450 e. The summed E-state index contributed by atoms with van der Waals surface area (Å²) in [5.41, 5.74) is 1.74. The van der Waals surface area contributed by atoms with E-state index >= 15 is 0 Å². The molecule has 0 bridgehead atoms. The number of anilines is 1. The molecule has 1 aromatic carbocycles. The summed E-state index contributed by atoms with van der Waals surface area (Å²) in [7, 11) is 0. The van der Waals surface area contributed by atoms with Crippen molar-refractivity contribution < 1.29 is 19.1 Å². The minimum Gasteiger partial charge on any atom is -0.450 e. The van der Waals surface area contributed by atoms with Gasteiger partial charge in [0.05, 0.1) is 6.61 Å². The molecule has 0 spiro atoms. The van der Waals surface area contributed by atoms with Crippen molar-refractivity contribution in [2.75, 3.05) is 11.9 Å². The van der Waals surface area contributed by atoms with Gasteiger partial charge in [-0.2, -0.15) is 0 Å². The highest BCUT2D eigenvalue weighted by atomic mass is 79.9. The van der Waals surface area contributed by atoms with Crippen LogP contribution in [-0.2, 0) is 19.7 Å². The molecule has 2 atom stereocenters. The summed E-state index contributed by atoms with van der Waals surface area (Å²) in [4.78, 5) is 36.7. The summed E-state index contributed by atoms with van der Waals surface area (Å²) >= 11 is 3.37. The zero-order chi connectivity index (χ0) is 21.1. The van der Waals surface area contributed by atoms with E-state index in [0.29, 0.717) is 12.3 Å². The summed E-state index contributed by atoms with van der Waals surface area (Å²) in [5, 5.41) is 8.72. The van der Waals surface area contributed by atoms with Crippen molar-refractivity contribution >= 4 is 39.5 Å². The van der Waals surface area contributed by atoms with Crippen molar-refractivity contribution in [2.24, 2.45) is 5.92 Å². The van der Waals surface area contributed by atoms with Crippen molar-refractivity contribution in [3.8, 4) is 0 Å². The summed E-state index contributed by atoms with van der Waals surface area (Å²) < 4.78 is 5.05. The molecule has 0 saturated carbocycles. The Bertz CT molecular complexity index is 649. The van der Waals surface area contributed by atoms with E-state index in [2.05, 4.69) is 31.9 Å². The minimum absolute atomic E-state index is 0.161. The monoisotopic (exact) mass is 455 g/mol. The van der Waals surface area contributed by atoms with Crippen molar-refractivity contribution in [1.82, 2.24) is 10.6 Å². The molecule has 1 aromatic rings. The molecule has 0 fully saturated rings. The van der Waals surface area contributed by atoms with Gasteiger partial charge >= 0.3 is 6.09 Å². The number of nitrogens with one attached hydrogen (secondary N) is 3.